The summed E-state index contributed by atoms with van der Waals surface area (Å²) in [6.45, 7) is 1.27. The van der Waals surface area contributed by atoms with Gasteiger partial charge in [-0.25, -0.2) is 0 Å². The van der Waals surface area contributed by atoms with E-state index in [1.807, 2.05) is 12.1 Å². The van der Waals surface area contributed by atoms with Gasteiger partial charge >= 0.3 is 0 Å². The molecule has 0 aliphatic carbocycles. The molecule has 130 valence electrons. The quantitative estimate of drug-likeness (QED) is 0.841. The first-order valence-electron chi connectivity index (χ1n) is 8.61. The van der Waals surface area contributed by atoms with Crippen LogP contribution in [0.3, 0.4) is 0 Å². The minimum absolute atomic E-state index is 0.00482. The number of methoxy groups -OCH3 is 2. The summed E-state index contributed by atoms with van der Waals surface area (Å²) in [5, 5.41) is 0. The van der Waals surface area contributed by atoms with Crippen molar-refractivity contribution in [3.05, 3.63) is 41.0 Å². The van der Waals surface area contributed by atoms with Gasteiger partial charge < -0.3 is 23.7 Å². The van der Waals surface area contributed by atoms with Crippen LogP contribution >= 0.6 is 0 Å². The van der Waals surface area contributed by atoms with E-state index in [9.17, 15) is 0 Å². The number of rotatable bonds is 2. The summed E-state index contributed by atoms with van der Waals surface area (Å²) >= 11 is 0. The van der Waals surface area contributed by atoms with E-state index in [0.29, 0.717) is 12.4 Å². The third-order valence-corrected chi connectivity index (χ3v) is 5.39. The van der Waals surface area contributed by atoms with Crippen molar-refractivity contribution in [1.82, 2.24) is 0 Å². The molecule has 0 radical (unpaired) electrons. The Hall–Kier alpha value is -2.56. The van der Waals surface area contributed by atoms with Crippen LogP contribution in [0.5, 0.6) is 28.7 Å². The predicted molar refractivity (Wildman–Crippen MR) is 91.5 cm³/mol. The Balaban J connectivity index is 1.57. The zero-order valence-electron chi connectivity index (χ0n) is 14.3. The standard InChI is InChI=1S/C20H20O5/c1-21-17-8-14-13-7-11-3-4-15-12(5-6-23-15)20(11)25-19(13)10-24-16(14)9-18(17)22-2/h3-4,8-9,13,19H,5-7,10H2,1-2H3. The molecular formula is C20H20O5. The van der Waals surface area contributed by atoms with Crippen LogP contribution < -0.4 is 23.7 Å². The van der Waals surface area contributed by atoms with Crippen molar-refractivity contribution in [2.24, 2.45) is 0 Å². The molecule has 0 saturated carbocycles. The summed E-state index contributed by atoms with van der Waals surface area (Å²) in [5.74, 6) is 4.47. The fourth-order valence-corrected chi connectivity index (χ4v) is 4.13. The number of hydrogen-bond donors (Lipinski definition) is 0. The Kier molecular flexibility index (Phi) is 3.23. The Bertz CT molecular complexity index is 844. The first-order chi connectivity index (χ1) is 12.3. The molecule has 5 heteroatoms. The van der Waals surface area contributed by atoms with Crippen LogP contribution in [0.1, 0.15) is 22.6 Å². The molecule has 0 spiro atoms. The largest absolute Gasteiger partial charge is 0.493 e. The molecule has 2 aromatic rings. The maximum atomic E-state index is 6.39. The van der Waals surface area contributed by atoms with Crippen molar-refractivity contribution in [1.29, 1.82) is 0 Å². The third-order valence-electron chi connectivity index (χ3n) is 5.39. The van der Waals surface area contributed by atoms with Crippen LogP contribution in [-0.4, -0.2) is 33.5 Å². The lowest BCUT2D eigenvalue weighted by Gasteiger charge is -2.38. The SMILES string of the molecule is COc1cc2c(cc1OC)C1Cc3ccc4c(c3OC1CO2)CCO4. The zero-order valence-corrected chi connectivity index (χ0v) is 14.3. The molecule has 0 fully saturated rings. The summed E-state index contributed by atoms with van der Waals surface area (Å²) in [4.78, 5) is 0. The molecule has 2 atom stereocenters. The van der Waals surface area contributed by atoms with E-state index in [-0.39, 0.29) is 12.0 Å². The minimum atomic E-state index is 0.00482. The molecule has 0 N–H and O–H groups in total. The number of benzene rings is 2. The van der Waals surface area contributed by atoms with Crippen molar-refractivity contribution >= 4 is 0 Å². The van der Waals surface area contributed by atoms with E-state index in [2.05, 4.69) is 12.1 Å². The van der Waals surface area contributed by atoms with E-state index in [1.165, 1.54) is 11.1 Å². The van der Waals surface area contributed by atoms with E-state index < -0.39 is 0 Å². The fourth-order valence-electron chi connectivity index (χ4n) is 4.13. The Labute approximate surface area is 146 Å². The first kappa shape index (κ1) is 14.8. The van der Waals surface area contributed by atoms with Gasteiger partial charge in [0, 0.05) is 29.5 Å². The number of ether oxygens (including phenoxy) is 5. The molecule has 2 unspecified atom stereocenters. The molecular weight excluding hydrogens is 320 g/mol. The van der Waals surface area contributed by atoms with Crippen LogP contribution in [-0.2, 0) is 12.8 Å². The van der Waals surface area contributed by atoms with Gasteiger partial charge in [-0.2, -0.15) is 0 Å². The normalized spacial score (nSPS) is 22.3. The molecule has 2 aromatic carbocycles. The smallest absolute Gasteiger partial charge is 0.164 e. The Morgan fingerprint density at radius 3 is 2.68 bits per heavy atom. The second-order valence-electron chi connectivity index (χ2n) is 6.65. The summed E-state index contributed by atoms with van der Waals surface area (Å²) in [5.41, 5.74) is 3.57. The Morgan fingerprint density at radius 1 is 1.00 bits per heavy atom. The average molecular weight is 340 g/mol. The highest BCUT2D eigenvalue weighted by Gasteiger charge is 2.39. The average Bonchev–Trinajstić information content (AvgIpc) is 3.14. The molecule has 0 saturated heterocycles. The van der Waals surface area contributed by atoms with Crippen LogP contribution in [0.4, 0.5) is 0 Å². The van der Waals surface area contributed by atoms with Gasteiger partial charge in [-0.15, -0.1) is 0 Å². The van der Waals surface area contributed by atoms with Gasteiger partial charge in [0.25, 0.3) is 0 Å². The van der Waals surface area contributed by atoms with E-state index in [1.54, 1.807) is 14.2 Å². The van der Waals surface area contributed by atoms with Gasteiger partial charge in [0.1, 0.15) is 30.0 Å². The van der Waals surface area contributed by atoms with Crippen molar-refractivity contribution < 1.29 is 23.7 Å². The van der Waals surface area contributed by atoms with Crippen molar-refractivity contribution in [3.8, 4) is 28.7 Å². The highest BCUT2D eigenvalue weighted by atomic mass is 16.5. The van der Waals surface area contributed by atoms with Crippen LogP contribution in [0.2, 0.25) is 0 Å². The molecule has 25 heavy (non-hydrogen) atoms. The van der Waals surface area contributed by atoms with E-state index in [0.717, 1.165) is 48.0 Å². The highest BCUT2D eigenvalue weighted by Crippen LogP contribution is 2.49. The topological polar surface area (TPSA) is 46.2 Å². The van der Waals surface area contributed by atoms with Crippen molar-refractivity contribution in [3.63, 3.8) is 0 Å². The molecule has 5 nitrogen and oxygen atoms in total. The van der Waals surface area contributed by atoms with Gasteiger partial charge in [-0.05, 0) is 24.1 Å². The molecule has 3 aliphatic rings. The second kappa shape index (κ2) is 5.48. The lowest BCUT2D eigenvalue weighted by atomic mass is 9.82. The molecule has 5 rings (SSSR count). The van der Waals surface area contributed by atoms with Gasteiger partial charge in [0.05, 0.1) is 20.8 Å². The van der Waals surface area contributed by atoms with Crippen LogP contribution in [0.15, 0.2) is 24.3 Å². The summed E-state index contributed by atoms with van der Waals surface area (Å²) in [6.07, 6.45) is 1.85. The molecule has 0 aromatic heterocycles. The minimum Gasteiger partial charge on any atom is -0.493 e. The molecule has 0 bridgehead atoms. The third kappa shape index (κ3) is 2.15. The van der Waals surface area contributed by atoms with E-state index >= 15 is 0 Å². The monoisotopic (exact) mass is 340 g/mol. The molecule has 3 heterocycles. The van der Waals surface area contributed by atoms with Crippen molar-refractivity contribution in [2.45, 2.75) is 24.9 Å². The van der Waals surface area contributed by atoms with Gasteiger partial charge in [0.2, 0.25) is 0 Å². The van der Waals surface area contributed by atoms with Gasteiger partial charge in [0.15, 0.2) is 11.5 Å². The second-order valence-corrected chi connectivity index (χ2v) is 6.65. The number of hydrogen-bond acceptors (Lipinski definition) is 5. The van der Waals surface area contributed by atoms with Gasteiger partial charge in [-0.1, -0.05) is 6.07 Å². The zero-order chi connectivity index (χ0) is 17.0. The molecule has 0 amide bonds. The van der Waals surface area contributed by atoms with Crippen LogP contribution in [0.25, 0.3) is 0 Å². The predicted octanol–water partition coefficient (Wildman–Crippen LogP) is 3.12. The Morgan fingerprint density at radius 2 is 1.84 bits per heavy atom. The van der Waals surface area contributed by atoms with E-state index in [4.69, 9.17) is 23.7 Å². The first-order valence-corrected chi connectivity index (χ1v) is 8.61. The summed E-state index contributed by atoms with van der Waals surface area (Å²) < 4.78 is 28.9. The maximum Gasteiger partial charge on any atom is 0.164 e. The fraction of sp³-hybridized carbons (Fsp3) is 0.400. The lowest BCUT2D eigenvalue weighted by molar-refractivity contribution is 0.0723. The number of fused-ring (bicyclic) bond motifs is 6. The maximum absolute atomic E-state index is 6.39. The molecule has 3 aliphatic heterocycles. The van der Waals surface area contributed by atoms with Crippen molar-refractivity contribution in [2.75, 3.05) is 27.4 Å². The van der Waals surface area contributed by atoms with Crippen LogP contribution in [0, 0.1) is 0 Å². The highest BCUT2D eigenvalue weighted by molar-refractivity contribution is 5.57. The summed E-state index contributed by atoms with van der Waals surface area (Å²) in [7, 11) is 3.29. The lowest BCUT2D eigenvalue weighted by Crippen LogP contribution is -2.39. The van der Waals surface area contributed by atoms with Gasteiger partial charge in [-0.3, -0.25) is 0 Å². The summed E-state index contributed by atoms with van der Waals surface area (Å²) in [6, 6.07) is 8.14.